The number of anilines is 2. The summed E-state index contributed by atoms with van der Waals surface area (Å²) < 4.78 is 93.1. The van der Waals surface area contributed by atoms with Crippen molar-refractivity contribution in [2.75, 3.05) is 24.4 Å². The number of alkyl halides is 6. The molecule has 42 heavy (non-hydrogen) atoms. The summed E-state index contributed by atoms with van der Waals surface area (Å²) in [6.07, 6.45) is -7.78. The summed E-state index contributed by atoms with van der Waals surface area (Å²) in [6.45, 7) is 3.60. The Bertz CT molecular complexity index is 1380. The molecule has 0 bridgehead atoms. The van der Waals surface area contributed by atoms with Crippen molar-refractivity contribution >= 4 is 17.6 Å². The van der Waals surface area contributed by atoms with Crippen LogP contribution in [0.25, 0.3) is 0 Å². The number of pyridine rings is 1. The fourth-order valence-electron chi connectivity index (χ4n) is 4.84. The number of nitrogens with one attached hydrogen (secondary N) is 1. The molecule has 1 unspecified atom stereocenters. The van der Waals surface area contributed by atoms with E-state index in [-0.39, 0.29) is 47.7 Å². The Hall–Kier alpha value is -4.14. The van der Waals surface area contributed by atoms with Gasteiger partial charge in [0.25, 0.3) is 0 Å². The Morgan fingerprint density at radius 3 is 2.26 bits per heavy atom. The monoisotopic (exact) mass is 598 g/mol. The summed E-state index contributed by atoms with van der Waals surface area (Å²) in [4.78, 5) is 27.0. The third-order valence-corrected chi connectivity index (χ3v) is 6.78. The highest BCUT2D eigenvalue weighted by Gasteiger charge is 2.41. The fraction of sp³-hybridized carbons (Fsp3) is 0.407. The predicted molar refractivity (Wildman–Crippen MR) is 140 cm³/mol. The van der Waals surface area contributed by atoms with E-state index in [9.17, 15) is 31.1 Å². The van der Waals surface area contributed by atoms with Gasteiger partial charge in [0.1, 0.15) is 5.82 Å². The number of amides is 1. The first-order valence-electron chi connectivity index (χ1n) is 12.9. The van der Waals surface area contributed by atoms with Gasteiger partial charge in [-0.3, -0.25) is 15.2 Å². The molecule has 0 fully saturated rings. The fourth-order valence-corrected chi connectivity index (χ4v) is 4.84. The first kappa shape index (κ1) is 30.8. The van der Waals surface area contributed by atoms with Gasteiger partial charge in [0, 0.05) is 12.1 Å². The molecule has 3 aromatic rings. The average molecular weight is 599 g/mol. The molecule has 3 N–H and O–H groups in total. The lowest BCUT2D eigenvalue weighted by molar-refractivity contribution is -0.143. The van der Waals surface area contributed by atoms with Crippen molar-refractivity contribution in [1.82, 2.24) is 20.3 Å². The van der Waals surface area contributed by atoms with E-state index in [1.54, 1.807) is 13.0 Å². The van der Waals surface area contributed by atoms with Gasteiger partial charge >= 0.3 is 18.4 Å². The number of rotatable bonds is 7. The second-order valence-corrected chi connectivity index (χ2v) is 9.48. The molecule has 0 spiro atoms. The van der Waals surface area contributed by atoms with E-state index in [4.69, 9.17) is 15.2 Å². The quantitative estimate of drug-likeness (QED) is 0.315. The van der Waals surface area contributed by atoms with E-state index < -0.39 is 47.7 Å². The number of nitrogens with two attached hydrogens (primary N) is 1. The van der Waals surface area contributed by atoms with Crippen LogP contribution in [0.15, 0.2) is 42.7 Å². The summed E-state index contributed by atoms with van der Waals surface area (Å²) in [7, 11) is 1.38. The van der Waals surface area contributed by atoms with Crippen LogP contribution >= 0.6 is 0 Å². The van der Waals surface area contributed by atoms with Crippen molar-refractivity contribution in [2.24, 2.45) is 0 Å². The maximum atomic E-state index is 13.8. The predicted octanol–water partition coefficient (Wildman–Crippen LogP) is 6.07. The third kappa shape index (κ3) is 6.50. The Kier molecular flexibility index (Phi) is 8.80. The SMILES string of the molecule is CCOC(=O)N1c2ccc(OC)nc2[C@@H](NC(c2cc(C(F)(F)F)cc(C(F)(F)F)c2)c2cnc(N)cn2)C[C@H]1CC. The maximum Gasteiger partial charge on any atom is 0.416 e. The summed E-state index contributed by atoms with van der Waals surface area (Å²) in [5, 5.41) is 3.15. The maximum absolute atomic E-state index is 13.8. The number of hydrogen-bond donors (Lipinski definition) is 2. The number of nitrogen functional groups attached to an aromatic ring is 1. The van der Waals surface area contributed by atoms with Crippen molar-refractivity contribution < 1.29 is 40.6 Å². The molecule has 3 atom stereocenters. The van der Waals surface area contributed by atoms with Gasteiger partial charge in [-0.15, -0.1) is 0 Å². The van der Waals surface area contributed by atoms with E-state index >= 15 is 0 Å². The summed E-state index contributed by atoms with van der Waals surface area (Å²) >= 11 is 0. The Labute approximate surface area is 237 Å². The van der Waals surface area contributed by atoms with Gasteiger partial charge < -0.3 is 15.2 Å². The van der Waals surface area contributed by atoms with Crippen molar-refractivity contribution in [2.45, 2.75) is 57.2 Å². The molecular weight excluding hydrogens is 570 g/mol. The molecule has 4 rings (SSSR count). The summed E-state index contributed by atoms with van der Waals surface area (Å²) in [6, 6.07) is 1.91. The number of aromatic nitrogens is 3. The number of benzene rings is 1. The summed E-state index contributed by atoms with van der Waals surface area (Å²) in [5.74, 6) is 0.185. The van der Waals surface area contributed by atoms with Crippen LogP contribution in [0.3, 0.4) is 0 Å². The highest BCUT2D eigenvalue weighted by atomic mass is 19.4. The Morgan fingerprint density at radius 2 is 1.74 bits per heavy atom. The van der Waals surface area contributed by atoms with Gasteiger partial charge in [-0.25, -0.2) is 14.8 Å². The standard InChI is InChI=1S/C27H28F6N6O3/c1-4-17-11-18(24-20(6-7-22(38-24)41-3)39(17)25(40)42-5-2)37-23(19-12-36-21(34)13-35-19)14-8-15(26(28,29)30)10-16(9-14)27(31,32)33/h6-10,12-13,17-18,23,37H,4-5,11H2,1-3H3,(H2,34,36)/t17-,18+,23?/m1/s1. The van der Waals surface area contributed by atoms with Crippen LogP contribution in [0.4, 0.5) is 42.6 Å². The van der Waals surface area contributed by atoms with Crippen molar-refractivity contribution in [3.05, 3.63) is 70.8 Å². The second kappa shape index (κ2) is 12.0. The van der Waals surface area contributed by atoms with Crippen molar-refractivity contribution in [3.8, 4) is 5.88 Å². The third-order valence-electron chi connectivity index (χ3n) is 6.78. The number of carbonyl (C=O) groups excluding carboxylic acids is 1. The van der Waals surface area contributed by atoms with Crippen LogP contribution in [-0.2, 0) is 17.1 Å². The summed E-state index contributed by atoms with van der Waals surface area (Å²) in [5.41, 5.74) is 2.98. The lowest BCUT2D eigenvalue weighted by Gasteiger charge is -2.40. The number of carbonyl (C=O) groups is 1. The minimum Gasteiger partial charge on any atom is -0.481 e. The van der Waals surface area contributed by atoms with Crippen LogP contribution in [-0.4, -0.2) is 40.8 Å². The molecule has 0 aliphatic carbocycles. The van der Waals surface area contributed by atoms with E-state index in [2.05, 4.69) is 20.3 Å². The lowest BCUT2D eigenvalue weighted by atomic mass is 9.91. The molecule has 0 saturated carbocycles. The average Bonchev–Trinajstić information content (AvgIpc) is 2.94. The molecule has 226 valence electrons. The number of ether oxygens (including phenoxy) is 2. The Balaban J connectivity index is 1.89. The van der Waals surface area contributed by atoms with Gasteiger partial charge in [-0.05, 0) is 49.6 Å². The first-order chi connectivity index (χ1) is 19.8. The van der Waals surface area contributed by atoms with E-state index in [1.165, 1.54) is 24.3 Å². The number of hydrogen-bond acceptors (Lipinski definition) is 8. The number of methoxy groups -OCH3 is 1. The molecule has 0 saturated heterocycles. The Morgan fingerprint density at radius 1 is 1.07 bits per heavy atom. The molecule has 1 aliphatic heterocycles. The van der Waals surface area contributed by atoms with Crippen LogP contribution in [0, 0.1) is 0 Å². The first-order valence-corrected chi connectivity index (χ1v) is 12.9. The molecule has 3 heterocycles. The normalized spacial score (nSPS) is 17.9. The molecule has 1 amide bonds. The van der Waals surface area contributed by atoms with Crippen LogP contribution in [0.2, 0.25) is 0 Å². The van der Waals surface area contributed by atoms with Gasteiger partial charge in [0.15, 0.2) is 0 Å². The molecule has 2 aromatic heterocycles. The molecule has 9 nitrogen and oxygen atoms in total. The zero-order valence-corrected chi connectivity index (χ0v) is 22.8. The van der Waals surface area contributed by atoms with Crippen molar-refractivity contribution in [1.29, 1.82) is 0 Å². The highest BCUT2D eigenvalue weighted by molar-refractivity contribution is 5.90. The molecule has 1 aromatic carbocycles. The van der Waals surface area contributed by atoms with E-state index in [0.29, 0.717) is 24.2 Å². The van der Waals surface area contributed by atoms with Gasteiger partial charge in [-0.1, -0.05) is 6.92 Å². The lowest BCUT2D eigenvalue weighted by Crippen LogP contribution is -2.48. The van der Waals surface area contributed by atoms with E-state index in [1.807, 2.05) is 6.92 Å². The minimum absolute atomic E-state index is 0.00284. The zero-order chi connectivity index (χ0) is 30.8. The molecule has 0 radical (unpaired) electrons. The topological polar surface area (TPSA) is 115 Å². The highest BCUT2D eigenvalue weighted by Crippen LogP contribution is 2.42. The smallest absolute Gasteiger partial charge is 0.416 e. The van der Waals surface area contributed by atoms with Crippen LogP contribution in [0.5, 0.6) is 5.88 Å². The number of fused-ring (bicyclic) bond motifs is 1. The molecular formula is C27H28F6N6O3. The van der Waals surface area contributed by atoms with Gasteiger partial charge in [-0.2, -0.15) is 26.3 Å². The number of nitrogens with zero attached hydrogens (tertiary/aromatic N) is 4. The van der Waals surface area contributed by atoms with Crippen molar-refractivity contribution in [3.63, 3.8) is 0 Å². The van der Waals surface area contributed by atoms with Crippen LogP contribution in [0.1, 0.15) is 66.9 Å². The largest absolute Gasteiger partial charge is 0.481 e. The van der Waals surface area contributed by atoms with Gasteiger partial charge in [0.05, 0.1) is 66.4 Å². The zero-order valence-electron chi connectivity index (χ0n) is 22.8. The second-order valence-electron chi connectivity index (χ2n) is 9.48. The van der Waals surface area contributed by atoms with E-state index in [0.717, 1.165) is 6.20 Å². The molecule has 1 aliphatic rings. The van der Waals surface area contributed by atoms with Crippen LogP contribution < -0.4 is 20.7 Å². The van der Waals surface area contributed by atoms with Gasteiger partial charge in [0.2, 0.25) is 5.88 Å². The minimum atomic E-state index is -5.06. The number of halogens is 6. The molecule has 15 heteroatoms.